The van der Waals surface area contributed by atoms with E-state index in [4.69, 9.17) is 14.5 Å². The Kier molecular flexibility index (Phi) is 8.60. The van der Waals surface area contributed by atoms with Gasteiger partial charge in [0.15, 0.2) is 0 Å². The molecule has 0 amide bonds. The van der Waals surface area contributed by atoms with Gasteiger partial charge in [0.2, 0.25) is 0 Å². The van der Waals surface area contributed by atoms with Crippen molar-refractivity contribution >= 4 is 11.8 Å². The standard InChI is InChI=1S/C32H45N3O4/c1-21-28-22(15-18-38-21)9-7-12-26(28)29(31(36)37)35(4)25-19-27(32(2,3)20-25)39-17-6-5-11-24-14-13-23-10-8-16-33-30(23)34-24/h7,9,12-14,21,25,27,29H,5-6,8,10-11,15-20H2,1-4H3,(H,33,34)(H,36,37)/t21-,25+,27+,29+/m0/s1. The number of benzene rings is 1. The van der Waals surface area contributed by atoms with Crippen LogP contribution in [-0.2, 0) is 33.5 Å². The third-order valence-electron chi connectivity index (χ3n) is 9.11. The highest BCUT2D eigenvalue weighted by Gasteiger charge is 2.45. The summed E-state index contributed by atoms with van der Waals surface area (Å²) < 4.78 is 12.4. The topological polar surface area (TPSA) is 83.9 Å². The zero-order valence-corrected chi connectivity index (χ0v) is 24.0. The number of likely N-dealkylation sites (N-methyl/N-ethyl adjacent to an activating group) is 1. The van der Waals surface area contributed by atoms with Crippen molar-refractivity contribution in [2.75, 3.05) is 32.1 Å². The van der Waals surface area contributed by atoms with Crippen LogP contribution in [0.15, 0.2) is 30.3 Å². The lowest BCUT2D eigenvalue weighted by atomic mass is 9.87. The van der Waals surface area contributed by atoms with Gasteiger partial charge in [0.1, 0.15) is 11.9 Å². The smallest absolute Gasteiger partial charge is 0.325 e. The number of nitrogens with one attached hydrogen (secondary N) is 1. The maximum atomic E-state index is 12.7. The molecule has 1 saturated carbocycles. The number of nitrogens with zero attached hydrogens (tertiary/aromatic N) is 2. The number of carbonyl (C=O) groups is 1. The molecule has 39 heavy (non-hydrogen) atoms. The minimum absolute atomic E-state index is 0.0137. The molecule has 7 heteroatoms. The van der Waals surface area contributed by atoms with Crippen LogP contribution in [-0.4, -0.2) is 59.9 Å². The first-order valence-corrected chi connectivity index (χ1v) is 14.8. The Bertz CT molecular complexity index is 1170. The minimum atomic E-state index is -0.808. The van der Waals surface area contributed by atoms with E-state index in [1.165, 1.54) is 17.5 Å². The molecular formula is C32H45N3O4. The Labute approximate surface area is 233 Å². The van der Waals surface area contributed by atoms with Gasteiger partial charge in [0.05, 0.1) is 18.8 Å². The second kappa shape index (κ2) is 11.9. The summed E-state index contributed by atoms with van der Waals surface area (Å²) in [6.07, 6.45) is 7.88. The number of fused-ring (bicyclic) bond motifs is 2. The molecule has 0 unspecified atom stereocenters. The van der Waals surface area contributed by atoms with E-state index >= 15 is 0 Å². The van der Waals surface area contributed by atoms with Crippen molar-refractivity contribution < 1.29 is 19.4 Å². The number of aliphatic carboxylic acids is 1. The summed E-state index contributed by atoms with van der Waals surface area (Å²) in [5, 5.41) is 13.8. The van der Waals surface area contributed by atoms with Crippen molar-refractivity contribution in [3.8, 4) is 0 Å². The molecule has 1 aromatic carbocycles. The normalized spacial score (nSPS) is 24.6. The summed E-state index contributed by atoms with van der Waals surface area (Å²) in [6, 6.07) is 9.90. The molecule has 1 aliphatic carbocycles. The van der Waals surface area contributed by atoms with E-state index in [0.29, 0.717) is 6.61 Å². The summed E-state index contributed by atoms with van der Waals surface area (Å²) in [5.74, 6) is 0.257. The van der Waals surface area contributed by atoms with Crippen molar-refractivity contribution in [1.29, 1.82) is 0 Å². The van der Waals surface area contributed by atoms with Crippen LogP contribution in [0.4, 0.5) is 5.82 Å². The van der Waals surface area contributed by atoms with Crippen LogP contribution in [0.1, 0.15) is 93.0 Å². The fourth-order valence-corrected chi connectivity index (χ4v) is 6.89. The lowest BCUT2D eigenvalue weighted by Crippen LogP contribution is -2.39. The van der Waals surface area contributed by atoms with E-state index in [9.17, 15) is 9.90 Å². The number of rotatable bonds is 10. The Morgan fingerprint density at radius 1 is 1.23 bits per heavy atom. The highest BCUT2D eigenvalue weighted by molar-refractivity contribution is 5.76. The Morgan fingerprint density at radius 3 is 2.90 bits per heavy atom. The van der Waals surface area contributed by atoms with Gasteiger partial charge >= 0.3 is 5.97 Å². The molecule has 0 radical (unpaired) electrons. The Morgan fingerprint density at radius 2 is 2.08 bits per heavy atom. The lowest BCUT2D eigenvalue weighted by Gasteiger charge is -2.35. The number of ether oxygens (including phenoxy) is 2. The zero-order valence-electron chi connectivity index (χ0n) is 24.0. The molecule has 5 rings (SSSR count). The second-order valence-electron chi connectivity index (χ2n) is 12.3. The molecule has 4 atom stereocenters. The van der Waals surface area contributed by atoms with Crippen molar-refractivity contribution in [1.82, 2.24) is 9.88 Å². The minimum Gasteiger partial charge on any atom is -0.480 e. The van der Waals surface area contributed by atoms with E-state index in [1.54, 1.807) is 0 Å². The quantitative estimate of drug-likeness (QED) is 0.376. The number of carboxylic acids is 1. The molecule has 212 valence electrons. The Hall–Kier alpha value is -2.48. The molecular weight excluding hydrogens is 490 g/mol. The van der Waals surface area contributed by atoms with Gasteiger partial charge in [-0.05, 0) is 99.1 Å². The van der Waals surface area contributed by atoms with E-state index < -0.39 is 12.0 Å². The molecule has 0 spiro atoms. The van der Waals surface area contributed by atoms with Crippen molar-refractivity contribution in [2.24, 2.45) is 5.41 Å². The predicted molar refractivity (Wildman–Crippen MR) is 153 cm³/mol. The van der Waals surface area contributed by atoms with Gasteiger partial charge in [-0.3, -0.25) is 9.69 Å². The van der Waals surface area contributed by atoms with Crippen LogP contribution in [0.5, 0.6) is 0 Å². The van der Waals surface area contributed by atoms with Crippen molar-refractivity contribution in [3.63, 3.8) is 0 Å². The molecule has 2 aliphatic heterocycles. The summed E-state index contributed by atoms with van der Waals surface area (Å²) in [4.78, 5) is 19.5. The van der Waals surface area contributed by atoms with Crippen LogP contribution in [0.2, 0.25) is 0 Å². The molecule has 2 aromatic rings. The third-order valence-corrected chi connectivity index (χ3v) is 9.11. The number of aromatic nitrogens is 1. The van der Waals surface area contributed by atoms with E-state index in [2.05, 4.69) is 42.3 Å². The van der Waals surface area contributed by atoms with Gasteiger partial charge < -0.3 is 19.9 Å². The molecule has 0 bridgehead atoms. The fourth-order valence-electron chi connectivity index (χ4n) is 6.89. The number of hydrogen-bond acceptors (Lipinski definition) is 6. The summed E-state index contributed by atoms with van der Waals surface area (Å²) in [6.45, 7) is 8.96. The first-order valence-electron chi connectivity index (χ1n) is 14.8. The van der Waals surface area contributed by atoms with Crippen LogP contribution in [0, 0.1) is 5.41 Å². The van der Waals surface area contributed by atoms with Crippen LogP contribution in [0.3, 0.4) is 0 Å². The average Bonchev–Trinajstić information content (AvgIpc) is 3.22. The number of aryl methyl sites for hydroxylation is 2. The first-order chi connectivity index (χ1) is 18.7. The number of carboxylic acid groups (broad SMARTS) is 1. The molecule has 0 saturated heterocycles. The van der Waals surface area contributed by atoms with Crippen LogP contribution in [0.25, 0.3) is 0 Å². The number of hydrogen-bond donors (Lipinski definition) is 2. The molecule has 7 nitrogen and oxygen atoms in total. The van der Waals surface area contributed by atoms with Crippen LogP contribution < -0.4 is 5.32 Å². The van der Waals surface area contributed by atoms with Gasteiger partial charge in [-0.25, -0.2) is 4.98 Å². The predicted octanol–water partition coefficient (Wildman–Crippen LogP) is 5.73. The highest BCUT2D eigenvalue weighted by atomic mass is 16.5. The van der Waals surface area contributed by atoms with Gasteiger partial charge in [-0.1, -0.05) is 38.1 Å². The fraction of sp³-hybridized carbons (Fsp3) is 0.625. The number of anilines is 1. The van der Waals surface area contributed by atoms with Gasteiger partial charge in [0.25, 0.3) is 0 Å². The SMILES string of the molecule is C[C@@H]1OCCc2cccc([C@H](C(=O)O)N(C)[C@@H]3C[C@@H](OCCCCc4ccc5c(n4)NCCC5)C(C)(C)C3)c21. The maximum Gasteiger partial charge on any atom is 0.325 e. The Balaban J connectivity index is 1.17. The highest BCUT2D eigenvalue weighted by Crippen LogP contribution is 2.44. The van der Waals surface area contributed by atoms with Crippen molar-refractivity contribution in [3.05, 3.63) is 58.3 Å². The second-order valence-corrected chi connectivity index (χ2v) is 12.3. The monoisotopic (exact) mass is 535 g/mol. The number of unbranched alkanes of at least 4 members (excludes halogenated alkanes) is 1. The van der Waals surface area contributed by atoms with Gasteiger partial charge in [0, 0.05) is 24.9 Å². The molecule has 3 heterocycles. The largest absolute Gasteiger partial charge is 0.480 e. The molecule has 1 aromatic heterocycles. The third kappa shape index (κ3) is 6.16. The molecule has 1 fully saturated rings. The van der Waals surface area contributed by atoms with E-state index in [1.807, 2.05) is 26.1 Å². The molecule has 3 aliphatic rings. The maximum absolute atomic E-state index is 12.7. The average molecular weight is 536 g/mol. The van der Waals surface area contributed by atoms with E-state index in [0.717, 1.165) is 80.7 Å². The zero-order chi connectivity index (χ0) is 27.6. The first kappa shape index (κ1) is 28.1. The van der Waals surface area contributed by atoms with Crippen molar-refractivity contribution in [2.45, 2.75) is 96.4 Å². The van der Waals surface area contributed by atoms with Crippen LogP contribution >= 0.6 is 0 Å². The molecule has 2 N–H and O–H groups in total. The summed E-state index contributed by atoms with van der Waals surface area (Å²) in [5.41, 5.74) is 5.59. The van der Waals surface area contributed by atoms with Gasteiger partial charge in [-0.2, -0.15) is 0 Å². The summed E-state index contributed by atoms with van der Waals surface area (Å²) in [7, 11) is 1.97. The number of pyridine rings is 1. The van der Waals surface area contributed by atoms with E-state index in [-0.39, 0.29) is 23.7 Å². The van der Waals surface area contributed by atoms with Gasteiger partial charge in [-0.15, -0.1) is 0 Å². The summed E-state index contributed by atoms with van der Waals surface area (Å²) >= 11 is 0. The lowest BCUT2D eigenvalue weighted by molar-refractivity contribution is -0.144.